The summed E-state index contributed by atoms with van der Waals surface area (Å²) in [6.07, 6.45) is 0. The molecule has 1 atom stereocenters. The Balaban J connectivity index is 1.90. The number of nitrogens with zero attached hydrogens (tertiary/aromatic N) is 4. The van der Waals surface area contributed by atoms with Gasteiger partial charge in [-0.1, -0.05) is 17.7 Å². The number of aryl methyl sites for hydroxylation is 3. The Morgan fingerprint density at radius 3 is 2.70 bits per heavy atom. The van der Waals surface area contributed by atoms with E-state index in [1.54, 1.807) is 15.3 Å². The molecule has 6 nitrogen and oxygen atoms in total. The molecule has 0 radical (unpaired) electrons. The zero-order valence-electron chi connectivity index (χ0n) is 13.5. The van der Waals surface area contributed by atoms with E-state index in [-0.39, 0.29) is 5.91 Å². The van der Waals surface area contributed by atoms with Crippen LogP contribution in [-0.2, 0) is 11.8 Å². The normalized spacial score (nSPS) is 12.6. The molecule has 1 N–H and O–H groups in total. The van der Waals surface area contributed by atoms with Crippen molar-refractivity contribution in [3.05, 3.63) is 40.7 Å². The predicted octanol–water partition coefficient (Wildman–Crippen LogP) is 3.24. The van der Waals surface area contributed by atoms with E-state index in [4.69, 9.17) is 11.6 Å². The van der Waals surface area contributed by atoms with E-state index in [1.807, 2.05) is 46.0 Å². The number of amides is 1. The molecule has 2 aromatic heterocycles. The number of aromatic nitrogens is 4. The van der Waals surface area contributed by atoms with Crippen molar-refractivity contribution in [1.29, 1.82) is 0 Å². The first-order valence-electron chi connectivity index (χ1n) is 7.33. The van der Waals surface area contributed by atoms with E-state index < -0.39 is 6.04 Å². The first kappa shape index (κ1) is 15.6. The zero-order chi connectivity index (χ0) is 16.7. The van der Waals surface area contributed by atoms with Crippen LogP contribution in [0.4, 0.5) is 5.95 Å². The molecule has 3 aromatic rings. The van der Waals surface area contributed by atoms with Crippen LogP contribution in [0.15, 0.2) is 24.3 Å². The number of benzene rings is 1. The maximum absolute atomic E-state index is 12.5. The van der Waals surface area contributed by atoms with Crippen LogP contribution in [0.3, 0.4) is 0 Å². The molecule has 0 bridgehead atoms. The summed E-state index contributed by atoms with van der Waals surface area (Å²) in [5, 5.41) is 7.82. The Hall–Kier alpha value is -2.34. The maximum Gasteiger partial charge on any atom is 0.251 e. The predicted molar refractivity (Wildman–Crippen MR) is 90.8 cm³/mol. The molecule has 1 aromatic carbocycles. The third-order valence-corrected chi connectivity index (χ3v) is 4.18. The summed E-state index contributed by atoms with van der Waals surface area (Å²) in [5.74, 6) is 0.289. The van der Waals surface area contributed by atoms with Gasteiger partial charge in [-0.3, -0.25) is 14.8 Å². The van der Waals surface area contributed by atoms with Crippen molar-refractivity contribution in [3.8, 4) is 0 Å². The molecule has 0 fully saturated rings. The fourth-order valence-electron chi connectivity index (χ4n) is 2.70. The van der Waals surface area contributed by atoms with Crippen LogP contribution in [-0.4, -0.2) is 25.2 Å². The van der Waals surface area contributed by atoms with Crippen molar-refractivity contribution in [2.24, 2.45) is 7.05 Å². The molecule has 120 valence electrons. The number of anilines is 1. The van der Waals surface area contributed by atoms with Crippen LogP contribution in [0.1, 0.15) is 24.4 Å². The van der Waals surface area contributed by atoms with Crippen molar-refractivity contribution in [1.82, 2.24) is 19.3 Å². The lowest BCUT2D eigenvalue weighted by Crippen LogP contribution is -2.26. The maximum atomic E-state index is 12.5. The third kappa shape index (κ3) is 2.70. The Bertz CT molecular complexity index is 895. The summed E-state index contributed by atoms with van der Waals surface area (Å²) in [6, 6.07) is 7.01. The second kappa shape index (κ2) is 5.70. The average Bonchev–Trinajstić information content (AvgIpc) is 2.99. The Morgan fingerprint density at radius 1 is 1.35 bits per heavy atom. The van der Waals surface area contributed by atoms with E-state index in [0.29, 0.717) is 11.0 Å². The number of imidazole rings is 1. The highest BCUT2D eigenvalue weighted by Gasteiger charge is 2.20. The molecule has 2 heterocycles. The van der Waals surface area contributed by atoms with Gasteiger partial charge in [0.2, 0.25) is 5.95 Å². The van der Waals surface area contributed by atoms with Crippen molar-refractivity contribution in [3.63, 3.8) is 0 Å². The van der Waals surface area contributed by atoms with Crippen molar-refractivity contribution >= 4 is 34.5 Å². The molecule has 1 unspecified atom stereocenters. The van der Waals surface area contributed by atoms with Crippen LogP contribution in [0.2, 0.25) is 5.02 Å². The van der Waals surface area contributed by atoms with Gasteiger partial charge in [0.05, 0.1) is 21.7 Å². The van der Waals surface area contributed by atoms with Crippen molar-refractivity contribution in [2.45, 2.75) is 26.8 Å². The topological polar surface area (TPSA) is 64.7 Å². The van der Waals surface area contributed by atoms with E-state index in [1.165, 1.54) is 0 Å². The molecule has 7 heteroatoms. The Kier molecular flexibility index (Phi) is 3.85. The lowest BCUT2D eigenvalue weighted by molar-refractivity contribution is -0.119. The molecule has 0 spiro atoms. The molecule has 0 saturated heterocycles. The fraction of sp³-hybridized carbons (Fsp3) is 0.312. The minimum atomic E-state index is -0.431. The molecule has 1 amide bonds. The van der Waals surface area contributed by atoms with Crippen molar-refractivity contribution < 1.29 is 4.79 Å². The molecule has 0 aliphatic carbocycles. The third-order valence-electron chi connectivity index (χ3n) is 3.87. The summed E-state index contributed by atoms with van der Waals surface area (Å²) in [6.45, 7) is 5.64. The summed E-state index contributed by atoms with van der Waals surface area (Å²) >= 11 is 6.21. The molecule has 0 aliphatic heterocycles. The van der Waals surface area contributed by atoms with E-state index in [0.717, 1.165) is 22.4 Å². The fourth-order valence-corrected chi connectivity index (χ4v) is 2.99. The quantitative estimate of drug-likeness (QED) is 0.801. The van der Waals surface area contributed by atoms with Crippen LogP contribution in [0.5, 0.6) is 0 Å². The van der Waals surface area contributed by atoms with Crippen molar-refractivity contribution in [2.75, 3.05) is 5.32 Å². The Morgan fingerprint density at radius 2 is 2.09 bits per heavy atom. The van der Waals surface area contributed by atoms with Crippen LogP contribution >= 0.6 is 11.6 Å². The van der Waals surface area contributed by atoms with Gasteiger partial charge in [-0.2, -0.15) is 5.10 Å². The summed E-state index contributed by atoms with van der Waals surface area (Å²) in [4.78, 5) is 17.0. The number of nitrogens with one attached hydrogen (secondary N) is 1. The van der Waals surface area contributed by atoms with Crippen LogP contribution < -0.4 is 5.32 Å². The SMILES string of the molecule is Cc1cc(C)n(C(C)C(=O)Nc2nc3cccc(Cl)c3n2C)n1. The lowest BCUT2D eigenvalue weighted by Gasteiger charge is -2.14. The number of halogens is 1. The summed E-state index contributed by atoms with van der Waals surface area (Å²) in [7, 11) is 1.82. The van der Waals surface area contributed by atoms with Crippen LogP contribution in [0, 0.1) is 13.8 Å². The van der Waals surface area contributed by atoms with Gasteiger partial charge in [0, 0.05) is 12.7 Å². The number of fused-ring (bicyclic) bond motifs is 1. The Labute approximate surface area is 139 Å². The van der Waals surface area contributed by atoms with Gasteiger partial charge >= 0.3 is 0 Å². The molecule has 0 saturated carbocycles. The zero-order valence-corrected chi connectivity index (χ0v) is 14.2. The second-order valence-electron chi connectivity index (χ2n) is 5.64. The highest BCUT2D eigenvalue weighted by atomic mass is 35.5. The van der Waals surface area contributed by atoms with Gasteiger partial charge in [0.1, 0.15) is 6.04 Å². The highest BCUT2D eigenvalue weighted by Crippen LogP contribution is 2.26. The first-order chi connectivity index (χ1) is 10.9. The van der Waals surface area contributed by atoms with Gasteiger partial charge in [-0.05, 0) is 39.0 Å². The molecular formula is C16H18ClN5O. The van der Waals surface area contributed by atoms with E-state index in [9.17, 15) is 4.79 Å². The second-order valence-corrected chi connectivity index (χ2v) is 6.05. The number of hydrogen-bond acceptors (Lipinski definition) is 3. The summed E-state index contributed by atoms with van der Waals surface area (Å²) in [5.41, 5.74) is 3.37. The average molecular weight is 332 g/mol. The minimum absolute atomic E-state index is 0.175. The number of rotatable bonds is 3. The molecular weight excluding hydrogens is 314 g/mol. The first-order valence-corrected chi connectivity index (χ1v) is 7.71. The smallest absolute Gasteiger partial charge is 0.251 e. The minimum Gasteiger partial charge on any atom is -0.312 e. The van der Waals surface area contributed by atoms with Gasteiger partial charge in [0.15, 0.2) is 0 Å². The number of carbonyl (C=O) groups is 1. The van der Waals surface area contributed by atoms with E-state index >= 15 is 0 Å². The van der Waals surface area contributed by atoms with Gasteiger partial charge in [0.25, 0.3) is 5.91 Å². The number of carbonyl (C=O) groups excluding carboxylic acids is 1. The van der Waals surface area contributed by atoms with Gasteiger partial charge in [-0.15, -0.1) is 0 Å². The standard InChI is InChI=1S/C16H18ClN5O/c1-9-8-10(2)22(20-9)11(3)15(23)19-16-18-13-7-5-6-12(17)14(13)21(16)4/h5-8,11H,1-4H3,(H,18,19,23). The van der Waals surface area contributed by atoms with Gasteiger partial charge < -0.3 is 4.57 Å². The van der Waals surface area contributed by atoms with E-state index in [2.05, 4.69) is 15.4 Å². The number of hydrogen-bond donors (Lipinski definition) is 1. The molecule has 0 aliphatic rings. The largest absolute Gasteiger partial charge is 0.312 e. The monoisotopic (exact) mass is 331 g/mol. The van der Waals surface area contributed by atoms with Crippen LogP contribution in [0.25, 0.3) is 11.0 Å². The van der Waals surface area contributed by atoms with Gasteiger partial charge in [-0.25, -0.2) is 4.98 Å². The summed E-state index contributed by atoms with van der Waals surface area (Å²) < 4.78 is 3.49. The highest BCUT2D eigenvalue weighted by molar-refractivity contribution is 6.35. The molecule has 3 rings (SSSR count). The molecule has 23 heavy (non-hydrogen) atoms. The lowest BCUT2D eigenvalue weighted by atomic mass is 10.3. The number of para-hydroxylation sites is 1.